The first-order chi connectivity index (χ1) is 40.7. The van der Waals surface area contributed by atoms with Gasteiger partial charge in [-0.25, -0.2) is 14.4 Å². The Bertz CT molecular complexity index is 2270. The van der Waals surface area contributed by atoms with E-state index in [4.69, 9.17) is 33.2 Å². The van der Waals surface area contributed by atoms with Gasteiger partial charge in [0.05, 0.1) is 52.8 Å². The third kappa shape index (κ3) is 32.2. The highest BCUT2D eigenvalue weighted by Gasteiger charge is 2.42. The highest BCUT2D eigenvalue weighted by molar-refractivity contribution is 5.86. The maximum Gasteiger partial charge on any atom is 0.411 e. The van der Waals surface area contributed by atoms with Crippen LogP contribution in [0.25, 0.3) is 11.1 Å². The fourth-order valence-corrected chi connectivity index (χ4v) is 9.74. The molecule has 0 aromatic heterocycles. The summed E-state index contributed by atoms with van der Waals surface area (Å²) in [4.78, 5) is 102. The van der Waals surface area contributed by atoms with Crippen LogP contribution in [-0.2, 0) is 66.7 Å². The molecule has 0 saturated heterocycles. The molecule has 0 bridgehead atoms. The highest BCUT2D eigenvalue weighted by Crippen LogP contribution is 2.47. The number of carbonyl (C=O) groups excluding carboxylic acids is 7. The van der Waals surface area contributed by atoms with Crippen molar-refractivity contribution in [3.05, 3.63) is 59.7 Å². The summed E-state index contributed by atoms with van der Waals surface area (Å²) in [5.41, 5.74) is 2.35. The summed E-state index contributed by atoms with van der Waals surface area (Å²) in [5, 5.41) is 21.3. The zero-order valence-corrected chi connectivity index (χ0v) is 52.0. The zero-order chi connectivity index (χ0) is 62.3. The number of carboxylic acid groups (broad SMARTS) is 1. The van der Waals surface area contributed by atoms with Crippen molar-refractivity contribution in [2.24, 2.45) is 0 Å². The molecule has 85 heavy (non-hydrogen) atoms. The van der Waals surface area contributed by atoms with E-state index in [-0.39, 0.29) is 121 Å². The van der Waals surface area contributed by atoms with Gasteiger partial charge in [-0.05, 0) is 102 Å². The summed E-state index contributed by atoms with van der Waals surface area (Å²) < 4.78 is 37.7. The Balaban J connectivity index is 1.13. The van der Waals surface area contributed by atoms with E-state index in [0.717, 1.165) is 67.2 Å². The number of ether oxygens (including phenoxy) is 7. The lowest BCUT2D eigenvalue weighted by Gasteiger charge is -2.34. The van der Waals surface area contributed by atoms with Crippen molar-refractivity contribution in [3.63, 3.8) is 0 Å². The van der Waals surface area contributed by atoms with Crippen LogP contribution in [0.5, 0.6) is 0 Å². The van der Waals surface area contributed by atoms with Crippen LogP contribution in [-0.4, -0.2) is 161 Å². The molecule has 21 heteroatoms. The summed E-state index contributed by atoms with van der Waals surface area (Å²) in [7, 11) is 1.24. The Morgan fingerprint density at radius 3 is 1.42 bits per heavy atom. The average molecular weight is 1200 g/mol. The molecule has 1 aliphatic carbocycles. The van der Waals surface area contributed by atoms with Crippen LogP contribution in [0.2, 0.25) is 0 Å². The molecule has 21 nitrogen and oxygen atoms in total. The number of fused-ring (bicyclic) bond motifs is 3. The summed E-state index contributed by atoms with van der Waals surface area (Å²) in [6.45, 7) is 12.4. The molecular formula is C64H101N5O16. The zero-order valence-electron chi connectivity index (χ0n) is 52.0. The van der Waals surface area contributed by atoms with E-state index in [9.17, 15) is 43.5 Å². The maximum atomic E-state index is 13.2. The van der Waals surface area contributed by atoms with Crippen molar-refractivity contribution in [2.45, 2.75) is 206 Å². The van der Waals surface area contributed by atoms with Crippen molar-refractivity contribution in [1.82, 2.24) is 26.2 Å². The fraction of sp³-hybridized carbons (Fsp3) is 0.688. The van der Waals surface area contributed by atoms with E-state index in [0.29, 0.717) is 25.7 Å². The number of nitrogens with one attached hydrogen (secondary N) is 4. The minimum Gasteiger partial charge on any atom is -0.480 e. The highest BCUT2D eigenvalue weighted by atomic mass is 16.6. The first-order valence-electron chi connectivity index (χ1n) is 30.8. The smallest absolute Gasteiger partial charge is 0.411 e. The molecule has 0 fully saturated rings. The molecule has 0 spiro atoms. The Morgan fingerprint density at radius 2 is 0.941 bits per heavy atom. The van der Waals surface area contributed by atoms with E-state index in [1.807, 2.05) is 69.3 Å². The maximum absolute atomic E-state index is 13.2. The molecule has 5 N–H and O–H groups in total. The monoisotopic (exact) mass is 1200 g/mol. The van der Waals surface area contributed by atoms with Crippen LogP contribution in [0.3, 0.4) is 0 Å². The van der Waals surface area contributed by atoms with Gasteiger partial charge in [-0.15, -0.1) is 0 Å². The lowest BCUT2D eigenvalue weighted by atomic mass is 9.99. The molecule has 0 aliphatic heterocycles. The number of hydrogen-bond donors (Lipinski definition) is 5. The predicted octanol–water partition coefficient (Wildman–Crippen LogP) is 9.05. The number of rotatable bonds is 46. The SMILES string of the molecule is COC(=O)N(C1c2ccccc2-c2ccccc21)[C@@H](CCCCNC(=O)COCCOCCNC(=O)COCCOCCNC(=O)CC[C@H](NC(=O)CCCCCCCCCCCCCCCCC(=O)OC(C)(C)C)C(=O)OC(C)(C)C)C(=O)O. The van der Waals surface area contributed by atoms with Gasteiger partial charge in [0, 0.05) is 38.9 Å². The third-order valence-electron chi connectivity index (χ3n) is 13.8. The number of nitrogens with zero attached hydrogens (tertiary/aromatic N) is 1. The lowest BCUT2D eigenvalue weighted by Crippen LogP contribution is -2.47. The number of carbonyl (C=O) groups is 8. The van der Waals surface area contributed by atoms with Crippen LogP contribution in [0.1, 0.15) is 194 Å². The quantitative estimate of drug-likeness (QED) is 0.0235. The number of carboxylic acids is 1. The number of aliphatic carboxylic acids is 1. The largest absolute Gasteiger partial charge is 0.480 e. The van der Waals surface area contributed by atoms with E-state index in [1.54, 1.807) is 20.8 Å². The van der Waals surface area contributed by atoms with Gasteiger partial charge < -0.3 is 59.5 Å². The number of benzene rings is 2. The molecule has 3 rings (SSSR count). The minimum atomic E-state index is -1.17. The lowest BCUT2D eigenvalue weighted by molar-refractivity contribution is -0.159. The van der Waals surface area contributed by atoms with Gasteiger partial charge in [0.2, 0.25) is 23.6 Å². The molecule has 0 unspecified atom stereocenters. The van der Waals surface area contributed by atoms with Gasteiger partial charge >= 0.3 is 24.0 Å². The first kappa shape index (κ1) is 73.1. The second-order valence-electron chi connectivity index (χ2n) is 23.4. The van der Waals surface area contributed by atoms with Gasteiger partial charge in [0.1, 0.15) is 36.5 Å². The van der Waals surface area contributed by atoms with Crippen LogP contribution in [0.15, 0.2) is 48.5 Å². The molecule has 478 valence electrons. The van der Waals surface area contributed by atoms with Crippen molar-refractivity contribution in [3.8, 4) is 11.1 Å². The fourth-order valence-electron chi connectivity index (χ4n) is 9.74. The van der Waals surface area contributed by atoms with Gasteiger partial charge in [0.25, 0.3) is 0 Å². The topological polar surface area (TPSA) is 273 Å². The van der Waals surface area contributed by atoms with Gasteiger partial charge in [0.15, 0.2) is 0 Å². The van der Waals surface area contributed by atoms with Gasteiger partial charge in [-0.3, -0.25) is 28.9 Å². The normalized spacial score (nSPS) is 12.7. The van der Waals surface area contributed by atoms with E-state index in [1.165, 1.54) is 57.0 Å². The van der Waals surface area contributed by atoms with E-state index >= 15 is 0 Å². The molecular weight excluding hydrogens is 1090 g/mol. The molecule has 5 amide bonds. The molecule has 2 atom stereocenters. The predicted molar refractivity (Wildman–Crippen MR) is 322 cm³/mol. The first-order valence-corrected chi connectivity index (χ1v) is 30.8. The molecule has 0 radical (unpaired) electrons. The summed E-state index contributed by atoms with van der Waals surface area (Å²) >= 11 is 0. The van der Waals surface area contributed by atoms with Crippen LogP contribution in [0.4, 0.5) is 4.79 Å². The minimum absolute atomic E-state index is 0.00270. The van der Waals surface area contributed by atoms with Crippen molar-refractivity contribution in [1.29, 1.82) is 0 Å². The summed E-state index contributed by atoms with van der Waals surface area (Å²) in [5.74, 6) is -3.07. The molecule has 1 aliphatic rings. The number of hydrogen-bond acceptors (Lipinski definition) is 15. The Kier molecular flexibility index (Phi) is 36.0. The van der Waals surface area contributed by atoms with Crippen LogP contribution >= 0.6 is 0 Å². The van der Waals surface area contributed by atoms with Gasteiger partial charge in [-0.1, -0.05) is 126 Å². The summed E-state index contributed by atoms with van der Waals surface area (Å²) in [6, 6.07) is 12.5. The van der Waals surface area contributed by atoms with E-state index in [2.05, 4.69) is 21.3 Å². The second kappa shape index (κ2) is 41.8. The number of unbranched alkanes of at least 4 members (excludes halogenated alkanes) is 14. The molecule has 0 heterocycles. The number of methoxy groups -OCH3 is 1. The molecule has 0 saturated carbocycles. The Morgan fingerprint density at radius 1 is 0.494 bits per heavy atom. The Labute approximate surface area is 504 Å². The van der Waals surface area contributed by atoms with Crippen molar-refractivity contribution < 1.29 is 76.6 Å². The standard InChI is InChI=1S/C64H101N5O16/c1-63(2,3)84-58(74)34-21-19-17-15-13-11-9-8-10-12-14-16-18-20-33-55(71)68-52(61(77)85-64(4,5)6)35-36-54(70)66-38-40-80-42-45-83-47-57(73)67-39-41-81-43-44-82-46-56(72)65-37-27-26-32-53(60(75)76)69(62(78)79-7)59-50-30-24-22-28-48(50)49-29-23-25-31-51(49)59/h22-25,28-31,52-53,59H,8-21,26-27,32-47H2,1-7H3,(H,65,72)(H,66,70)(H,67,73)(H,68,71)(H,75,76)/t52-,53-/m0/s1. The van der Waals surface area contributed by atoms with Crippen LogP contribution < -0.4 is 21.3 Å². The summed E-state index contributed by atoms with van der Waals surface area (Å²) in [6.07, 6.45) is 16.7. The third-order valence-corrected chi connectivity index (χ3v) is 13.8. The Hall–Kier alpha value is -6.16. The van der Waals surface area contributed by atoms with Crippen molar-refractivity contribution in [2.75, 3.05) is 79.6 Å². The van der Waals surface area contributed by atoms with Crippen LogP contribution in [0, 0.1) is 0 Å². The number of esters is 2. The molecule has 2 aromatic carbocycles. The molecule has 2 aromatic rings. The van der Waals surface area contributed by atoms with Gasteiger partial charge in [-0.2, -0.15) is 0 Å². The second-order valence-corrected chi connectivity index (χ2v) is 23.4. The van der Waals surface area contributed by atoms with Crippen molar-refractivity contribution >= 4 is 47.6 Å². The number of amides is 5. The van der Waals surface area contributed by atoms with E-state index < -0.39 is 47.4 Å². The average Bonchev–Trinajstić information content (AvgIpc) is 1.70.